The lowest BCUT2D eigenvalue weighted by Crippen LogP contribution is -2.31. The number of amidine groups is 2. The van der Waals surface area contributed by atoms with E-state index in [0.717, 1.165) is 11.1 Å². The van der Waals surface area contributed by atoms with Crippen LogP contribution in [0.5, 0.6) is 5.75 Å². The van der Waals surface area contributed by atoms with E-state index in [1.165, 1.54) is 48.5 Å². The molecule has 5 N–H and O–H groups in total. The highest BCUT2D eigenvalue weighted by Crippen LogP contribution is 2.23. The van der Waals surface area contributed by atoms with Gasteiger partial charge in [-0.15, -0.1) is 10.2 Å². The van der Waals surface area contributed by atoms with Crippen LogP contribution in [-0.2, 0) is 33.9 Å². The third-order valence-corrected chi connectivity index (χ3v) is 12.3. The molecule has 318 valence electrons. The Hall–Kier alpha value is -5.46. The summed E-state index contributed by atoms with van der Waals surface area (Å²) in [4.78, 5) is 26.5. The van der Waals surface area contributed by atoms with Gasteiger partial charge in [-0.3, -0.25) is 9.59 Å². The summed E-state index contributed by atoms with van der Waals surface area (Å²) < 4.78 is 75.8. The van der Waals surface area contributed by atoms with Crippen molar-refractivity contribution in [3.8, 4) is 5.75 Å². The molecule has 0 unspecified atom stereocenters. The van der Waals surface area contributed by atoms with E-state index in [1.807, 2.05) is 13.8 Å². The van der Waals surface area contributed by atoms with Crippen LogP contribution in [0.4, 0.5) is 0 Å². The van der Waals surface area contributed by atoms with Crippen LogP contribution >= 0.6 is 0 Å². The largest absolute Gasteiger partial charge is 0.491 e. The van der Waals surface area contributed by atoms with Crippen LogP contribution in [0.2, 0.25) is 0 Å². The van der Waals surface area contributed by atoms with E-state index in [1.54, 1.807) is 55.5 Å². The number of hydrogen-bond acceptors (Lipinski definition) is 12. The zero-order valence-corrected chi connectivity index (χ0v) is 35.0. The molecule has 4 rings (SSSR count). The van der Waals surface area contributed by atoms with Gasteiger partial charge >= 0.3 is 0 Å². The predicted octanol–water partition coefficient (Wildman–Crippen LogP) is 4.15. The molecule has 0 heterocycles. The number of ketones is 1. The van der Waals surface area contributed by atoms with Crippen LogP contribution in [-0.4, -0.2) is 104 Å². The Morgan fingerprint density at radius 2 is 1.05 bits per heavy atom. The summed E-state index contributed by atoms with van der Waals surface area (Å²) in [6.07, 6.45) is 0. The Labute approximate surface area is 347 Å². The maximum Gasteiger partial charge on any atom is 0.251 e. The molecule has 15 nitrogen and oxygen atoms in total. The number of carbonyl (C=O) groups is 2. The Balaban J connectivity index is 0.00000961. The average molecular weight is 852 g/mol. The molecule has 0 aliphatic carbocycles. The number of ether oxygens (including phenoxy) is 4. The van der Waals surface area contributed by atoms with E-state index < -0.39 is 48.8 Å². The van der Waals surface area contributed by atoms with Crippen LogP contribution < -0.4 is 21.5 Å². The fourth-order valence-corrected chi connectivity index (χ4v) is 8.68. The zero-order valence-electron chi connectivity index (χ0n) is 33.3. The number of aryl methyl sites for hydroxylation is 2. The van der Waals surface area contributed by atoms with E-state index >= 15 is 0 Å². The quantitative estimate of drug-likeness (QED) is 0.0297. The molecule has 4 aromatic rings. The molecule has 0 aliphatic heterocycles. The molecule has 0 fully saturated rings. The van der Waals surface area contributed by atoms with Crippen molar-refractivity contribution >= 4 is 43.0 Å². The molecule has 0 aromatic heterocycles. The summed E-state index contributed by atoms with van der Waals surface area (Å²) in [7, 11) is -8.08. The molecule has 4 aromatic carbocycles. The maximum atomic E-state index is 13.8. The van der Waals surface area contributed by atoms with Gasteiger partial charge in [0, 0.05) is 24.7 Å². The van der Waals surface area contributed by atoms with Crippen LogP contribution in [0.1, 0.15) is 45.8 Å². The monoisotopic (exact) mass is 851 g/mol. The van der Waals surface area contributed by atoms with Crippen LogP contribution in [0.15, 0.2) is 117 Å². The highest BCUT2D eigenvalue weighted by atomic mass is 32.2. The average Bonchev–Trinajstić information content (AvgIpc) is 3.21. The first-order valence-electron chi connectivity index (χ1n) is 18.8. The van der Waals surface area contributed by atoms with Gasteiger partial charge < -0.3 is 35.7 Å². The molecule has 0 atom stereocenters. The highest BCUT2D eigenvalue weighted by Gasteiger charge is 2.33. The van der Waals surface area contributed by atoms with Crippen molar-refractivity contribution in [3.05, 3.63) is 125 Å². The van der Waals surface area contributed by atoms with E-state index in [9.17, 15) is 26.4 Å². The van der Waals surface area contributed by atoms with Crippen molar-refractivity contribution in [2.45, 2.75) is 30.6 Å². The van der Waals surface area contributed by atoms with E-state index in [-0.39, 0.29) is 41.3 Å². The van der Waals surface area contributed by atoms with Gasteiger partial charge in [0.2, 0.25) is 0 Å². The second kappa shape index (κ2) is 22.6. The Morgan fingerprint density at radius 1 is 0.610 bits per heavy atom. The molecule has 1 amide bonds. The number of Topliss-reactive ketones (excluding diaryl/α,β-unsaturated/α-hetero) is 1. The van der Waals surface area contributed by atoms with E-state index in [2.05, 4.69) is 15.5 Å². The summed E-state index contributed by atoms with van der Waals surface area (Å²) in [5, 5.41) is 10.3. The molecular formula is C42H53N5O10S2. The third-order valence-electron chi connectivity index (χ3n) is 8.64. The topological polar surface area (TPSA) is 228 Å². The Morgan fingerprint density at radius 3 is 1.54 bits per heavy atom. The van der Waals surface area contributed by atoms with Crippen LogP contribution in [0, 0.1) is 19.8 Å². The third kappa shape index (κ3) is 15.3. The smallest absolute Gasteiger partial charge is 0.251 e. The van der Waals surface area contributed by atoms with Crippen molar-refractivity contribution in [2.75, 3.05) is 64.3 Å². The number of nitrogens with zero attached hydrogens (tertiary/aromatic N) is 2. The number of hydrogen-bond donors (Lipinski definition) is 3. The lowest BCUT2D eigenvalue weighted by atomic mass is 9.99. The molecular weight excluding hydrogens is 799 g/mol. The molecule has 59 heavy (non-hydrogen) atoms. The van der Waals surface area contributed by atoms with Crippen molar-refractivity contribution in [2.24, 2.45) is 27.6 Å². The van der Waals surface area contributed by atoms with Gasteiger partial charge in [-0.25, -0.2) is 16.8 Å². The van der Waals surface area contributed by atoms with E-state index in [0.29, 0.717) is 56.8 Å². The minimum absolute atomic E-state index is 0. The van der Waals surface area contributed by atoms with Gasteiger partial charge in [0.05, 0.1) is 66.9 Å². The number of carbonyl (C=O) groups excluding carboxylic acids is 2. The minimum Gasteiger partial charge on any atom is -0.491 e. The Kier molecular flexibility index (Phi) is 17.7. The second-order valence-corrected chi connectivity index (χ2v) is 17.6. The lowest BCUT2D eigenvalue weighted by molar-refractivity contribution is 0.00988. The lowest BCUT2D eigenvalue weighted by Gasteiger charge is -2.17. The molecule has 17 heteroatoms. The summed E-state index contributed by atoms with van der Waals surface area (Å²) in [6, 6.07) is 25.0. The number of amides is 1. The van der Waals surface area contributed by atoms with Gasteiger partial charge in [0.1, 0.15) is 18.2 Å². The van der Waals surface area contributed by atoms with Crippen LogP contribution in [0.25, 0.3) is 0 Å². The molecule has 0 spiro atoms. The highest BCUT2D eigenvalue weighted by molar-refractivity contribution is 7.92. The summed E-state index contributed by atoms with van der Waals surface area (Å²) >= 11 is 0. The Bertz CT molecular complexity index is 2190. The van der Waals surface area contributed by atoms with Gasteiger partial charge in [-0.05, 0) is 81.4 Å². The van der Waals surface area contributed by atoms with Crippen molar-refractivity contribution in [1.82, 2.24) is 5.32 Å². The number of sulfone groups is 2. The number of benzene rings is 4. The van der Waals surface area contributed by atoms with Gasteiger partial charge in [0.15, 0.2) is 31.3 Å². The molecule has 0 saturated carbocycles. The van der Waals surface area contributed by atoms with Gasteiger partial charge in [0.25, 0.3) is 5.91 Å². The predicted molar refractivity (Wildman–Crippen MR) is 228 cm³/mol. The first kappa shape index (κ1) is 46.2. The summed E-state index contributed by atoms with van der Waals surface area (Å²) in [6.45, 7) is 7.77. The molecule has 0 radical (unpaired) electrons. The molecule has 0 saturated heterocycles. The molecule has 0 bridgehead atoms. The number of nitrogens with two attached hydrogens (primary N) is 2. The van der Waals surface area contributed by atoms with Crippen molar-refractivity contribution < 1.29 is 46.8 Å². The van der Waals surface area contributed by atoms with E-state index in [4.69, 9.17) is 30.4 Å². The fraction of sp³-hybridized carbons (Fsp3) is 0.333. The van der Waals surface area contributed by atoms with Crippen molar-refractivity contribution in [1.29, 1.82) is 0 Å². The summed E-state index contributed by atoms with van der Waals surface area (Å²) in [5.41, 5.74) is 14.1. The SMILES string of the molecule is C/C(N)=N/N=C(\N)c1ccc(OCCOCCOCCOCCNC(=O)c2ccc(C(=O)C(CS(=O)(=O)c3ccc(C)cc3)CS(=O)(=O)c3ccc(C)cc3)cc2)cc1.[HH]. The number of rotatable bonds is 24. The second-order valence-electron chi connectivity index (χ2n) is 13.5. The first-order chi connectivity index (χ1) is 28.1. The molecule has 0 aliphatic rings. The fourth-order valence-electron chi connectivity index (χ4n) is 5.45. The number of nitrogens with one attached hydrogen (secondary N) is 1. The van der Waals surface area contributed by atoms with Gasteiger partial charge in [-0.2, -0.15) is 0 Å². The van der Waals surface area contributed by atoms with Crippen molar-refractivity contribution in [3.63, 3.8) is 0 Å². The zero-order chi connectivity index (χ0) is 42.8. The standard InChI is InChI=1S/C42H51N5O10S2.H2/c1-30-4-16-38(17-5-30)58(50,51)28-36(29-59(52,53)39-18-6-31(2)7-19-39)40(48)33-8-10-35(11-9-33)42(49)45-20-21-54-22-23-55-24-25-56-26-27-57-37-14-12-34(13-15-37)41(44)47-46-32(3)43;/h4-19,36H,20-29H2,1-3H3,(H2,43,46)(H2,44,47)(H,45,49);1H. The van der Waals surface area contributed by atoms with Gasteiger partial charge in [-0.1, -0.05) is 47.5 Å². The summed E-state index contributed by atoms with van der Waals surface area (Å²) in [5.74, 6) is -2.71. The van der Waals surface area contributed by atoms with Crippen LogP contribution in [0.3, 0.4) is 0 Å². The normalized spacial score (nSPS) is 12.4. The maximum absolute atomic E-state index is 13.8. The minimum atomic E-state index is -4.04. The first-order valence-corrected chi connectivity index (χ1v) is 22.1.